The quantitative estimate of drug-likeness (QED) is 0.459. The van der Waals surface area contributed by atoms with Gasteiger partial charge in [-0.2, -0.15) is 0 Å². The van der Waals surface area contributed by atoms with Crippen LogP contribution in [-0.2, 0) is 11.2 Å². The van der Waals surface area contributed by atoms with Crippen LogP contribution in [0.5, 0.6) is 5.75 Å². The Balaban J connectivity index is 0.00000341. The van der Waals surface area contributed by atoms with Crippen molar-refractivity contribution in [3.05, 3.63) is 70.0 Å². The number of nitrogens with zero attached hydrogens (tertiary/aromatic N) is 2. The maximum Gasteiger partial charge on any atom is 0.326 e. The number of hydrogen-bond acceptors (Lipinski definition) is 4. The van der Waals surface area contributed by atoms with Gasteiger partial charge in [-0.15, -0.1) is 13.1 Å². The molecular formula is C21H21AcClN3O4S-. The zero-order valence-corrected chi connectivity index (χ0v) is 23.0. The second-order valence-corrected chi connectivity index (χ2v) is 7.47. The van der Waals surface area contributed by atoms with Gasteiger partial charge in [-0.3, -0.25) is 4.79 Å². The molecule has 1 fully saturated rings. The zero-order chi connectivity index (χ0) is 21.5. The van der Waals surface area contributed by atoms with Gasteiger partial charge in [-0.05, 0) is 42.0 Å². The van der Waals surface area contributed by atoms with Crippen LogP contribution in [0.25, 0.3) is 5.32 Å². The van der Waals surface area contributed by atoms with Crippen LogP contribution in [0.2, 0.25) is 5.02 Å². The van der Waals surface area contributed by atoms with E-state index >= 15 is 0 Å². The van der Waals surface area contributed by atoms with Crippen LogP contribution in [0.4, 0.5) is 0 Å². The molecule has 1 atom stereocenters. The monoisotopic (exact) mass is 673 g/mol. The van der Waals surface area contributed by atoms with Gasteiger partial charge in [0.25, 0.3) is 11.1 Å². The number of ether oxygens (including phenoxy) is 1. The van der Waals surface area contributed by atoms with E-state index < -0.39 is 17.9 Å². The Bertz CT molecular complexity index is 923. The first-order valence-corrected chi connectivity index (χ1v) is 10.2. The average Bonchev–Trinajstić information content (AvgIpc) is 2.75. The Morgan fingerprint density at radius 3 is 2.42 bits per heavy atom. The molecule has 10 heteroatoms. The van der Waals surface area contributed by atoms with E-state index in [4.69, 9.17) is 28.6 Å². The number of piperazine rings is 1. The molecule has 161 valence electrons. The second kappa shape index (κ2) is 12.7. The Morgan fingerprint density at radius 2 is 1.81 bits per heavy atom. The maximum atomic E-state index is 12.4. The molecule has 0 aromatic heterocycles. The van der Waals surface area contributed by atoms with Crippen molar-refractivity contribution in [1.82, 2.24) is 10.2 Å². The van der Waals surface area contributed by atoms with Crippen molar-refractivity contribution < 1.29 is 63.5 Å². The summed E-state index contributed by atoms with van der Waals surface area (Å²) in [4.78, 5) is 26.0. The standard InChI is InChI=1S/C21H21ClN3O4S.Ac/c22-17-4-2-1-3-16(17)19(26)24-18(20(27)28)13-14-5-7-15(8-6-14)29-21(30)25-11-9-23-10-12-25;/h1-8,18H,9-13H2,(H,24,26)(H,27,28);/q-1;/t18-;/m0./s1. The molecule has 1 aliphatic heterocycles. The third kappa shape index (κ3) is 7.69. The minimum Gasteiger partial charge on any atom is -0.659 e. The molecule has 0 bridgehead atoms. The number of carbonyl (C=O) groups excluding carboxylic acids is 1. The van der Waals surface area contributed by atoms with Crippen molar-refractivity contribution in [3.63, 3.8) is 0 Å². The molecule has 2 aromatic carbocycles. The van der Waals surface area contributed by atoms with Crippen LogP contribution in [0.15, 0.2) is 48.5 Å². The molecule has 1 heterocycles. The topological polar surface area (TPSA) is 93.0 Å². The fourth-order valence-corrected chi connectivity index (χ4v) is 3.47. The van der Waals surface area contributed by atoms with Crippen molar-refractivity contribution in [2.24, 2.45) is 0 Å². The fourth-order valence-electron chi connectivity index (χ4n) is 2.97. The molecule has 1 aliphatic rings. The largest absolute Gasteiger partial charge is 0.659 e. The number of aliphatic carboxylic acids is 1. The number of amides is 1. The summed E-state index contributed by atoms with van der Waals surface area (Å²) in [6, 6.07) is 12.3. The molecular weight excluding hydrogens is 653 g/mol. The van der Waals surface area contributed by atoms with E-state index in [-0.39, 0.29) is 61.1 Å². The van der Waals surface area contributed by atoms with Gasteiger partial charge >= 0.3 is 5.97 Å². The Hall–Kier alpha value is -1.24. The second-order valence-electron chi connectivity index (χ2n) is 6.72. The predicted octanol–water partition coefficient (Wildman–Crippen LogP) is 3.12. The van der Waals surface area contributed by atoms with Crippen molar-refractivity contribution >= 4 is 40.9 Å². The van der Waals surface area contributed by atoms with Gasteiger partial charge in [0.15, 0.2) is 0 Å². The number of halogens is 1. The van der Waals surface area contributed by atoms with Gasteiger partial charge in [0.2, 0.25) is 0 Å². The number of carboxylic acids is 1. The number of carboxylic acid groups (broad SMARTS) is 1. The normalized spacial score (nSPS) is 14.2. The summed E-state index contributed by atoms with van der Waals surface area (Å²) >= 11 is 11.3. The first kappa shape index (κ1) is 26.0. The third-order valence-corrected chi connectivity index (χ3v) is 5.28. The third-order valence-electron chi connectivity index (χ3n) is 4.60. The molecule has 0 unspecified atom stereocenters. The molecule has 2 N–H and O–H groups in total. The number of rotatable bonds is 6. The summed E-state index contributed by atoms with van der Waals surface area (Å²) in [6.45, 7) is 2.95. The van der Waals surface area contributed by atoms with Crippen LogP contribution < -0.4 is 10.1 Å². The molecule has 2 aromatic rings. The first-order chi connectivity index (χ1) is 14.4. The summed E-state index contributed by atoms with van der Waals surface area (Å²) in [5.41, 5.74) is 0.963. The minimum atomic E-state index is -1.13. The number of hydrogen-bond donors (Lipinski definition) is 2. The molecule has 1 amide bonds. The van der Waals surface area contributed by atoms with Crippen LogP contribution >= 0.6 is 23.8 Å². The summed E-state index contributed by atoms with van der Waals surface area (Å²) < 4.78 is 5.71. The Morgan fingerprint density at radius 1 is 1.16 bits per heavy atom. The SMILES string of the molecule is O=C(N[C@@H](Cc1ccc(OC(=S)N2CC[N-]CC2)cc1)C(=O)O)c1ccccc1Cl.[Ac]. The van der Waals surface area contributed by atoms with Crippen LogP contribution in [-0.4, -0.2) is 59.3 Å². The summed E-state index contributed by atoms with van der Waals surface area (Å²) in [7, 11) is 0. The van der Waals surface area contributed by atoms with Crippen molar-refractivity contribution in [1.29, 1.82) is 0 Å². The number of carbonyl (C=O) groups is 2. The van der Waals surface area contributed by atoms with E-state index in [1.54, 1.807) is 48.5 Å². The molecule has 0 aliphatic carbocycles. The molecule has 0 saturated carbocycles. The smallest absolute Gasteiger partial charge is 0.326 e. The summed E-state index contributed by atoms with van der Waals surface area (Å²) in [6.07, 6.45) is 0.115. The van der Waals surface area contributed by atoms with Gasteiger partial charge in [-0.25, -0.2) is 4.79 Å². The van der Waals surface area contributed by atoms with Crippen molar-refractivity contribution in [2.75, 3.05) is 26.2 Å². The van der Waals surface area contributed by atoms with Crippen LogP contribution in [0.1, 0.15) is 15.9 Å². The first-order valence-electron chi connectivity index (χ1n) is 9.41. The van der Waals surface area contributed by atoms with E-state index in [2.05, 4.69) is 10.6 Å². The Kier molecular flexibility index (Phi) is 10.7. The summed E-state index contributed by atoms with van der Waals surface area (Å²) in [5.74, 6) is -1.10. The van der Waals surface area contributed by atoms with Crippen molar-refractivity contribution in [2.45, 2.75) is 12.5 Å². The van der Waals surface area contributed by atoms with Gasteiger partial charge in [0.05, 0.1) is 10.6 Å². The molecule has 0 spiro atoms. The van der Waals surface area contributed by atoms with Crippen LogP contribution in [0.3, 0.4) is 0 Å². The van der Waals surface area contributed by atoms with E-state index in [1.807, 2.05) is 4.90 Å². The van der Waals surface area contributed by atoms with Crippen LogP contribution in [0, 0.1) is 44.1 Å². The van der Waals surface area contributed by atoms with Gasteiger partial charge in [0.1, 0.15) is 11.8 Å². The minimum absolute atomic E-state index is 0. The number of thiocarbonyl (C=S) groups is 1. The number of benzene rings is 2. The van der Waals surface area contributed by atoms with E-state index in [9.17, 15) is 14.7 Å². The fraction of sp³-hybridized carbons (Fsp3) is 0.286. The molecule has 1 saturated heterocycles. The Labute approximate surface area is 227 Å². The van der Waals surface area contributed by atoms with Gasteiger partial charge in [-0.1, -0.05) is 35.9 Å². The molecule has 3 rings (SSSR count). The molecule has 1 radical (unpaired) electrons. The van der Waals surface area contributed by atoms with Crippen molar-refractivity contribution in [3.8, 4) is 5.75 Å². The van der Waals surface area contributed by atoms with Gasteiger partial charge < -0.3 is 25.4 Å². The van der Waals surface area contributed by atoms with E-state index in [1.165, 1.54) is 0 Å². The van der Waals surface area contributed by atoms with Gasteiger partial charge in [0, 0.05) is 63.6 Å². The average molecular weight is 674 g/mol. The maximum absolute atomic E-state index is 12.4. The molecule has 7 nitrogen and oxygen atoms in total. The zero-order valence-electron chi connectivity index (χ0n) is 16.7. The summed E-state index contributed by atoms with van der Waals surface area (Å²) in [5, 5.41) is 17.0. The van der Waals surface area contributed by atoms with E-state index in [0.717, 1.165) is 31.7 Å². The van der Waals surface area contributed by atoms with E-state index in [0.29, 0.717) is 10.9 Å². The number of nitrogens with one attached hydrogen (secondary N) is 1. The predicted molar refractivity (Wildman–Crippen MR) is 118 cm³/mol. The molecule has 31 heavy (non-hydrogen) atoms.